The summed E-state index contributed by atoms with van der Waals surface area (Å²) in [5.74, 6) is -0.270. The first-order valence-corrected chi connectivity index (χ1v) is 5.69. The first-order chi connectivity index (χ1) is 8.58. The van der Waals surface area contributed by atoms with Crippen molar-refractivity contribution < 1.29 is 9.13 Å². The first kappa shape index (κ1) is 14.4. The van der Waals surface area contributed by atoms with E-state index in [0.29, 0.717) is 12.1 Å². The van der Waals surface area contributed by atoms with Gasteiger partial charge < -0.3 is 9.64 Å². The zero-order valence-corrected chi connectivity index (χ0v) is 10.9. The molecule has 0 heterocycles. The number of rotatable bonds is 6. The normalized spacial score (nSPS) is 12.2. The lowest BCUT2D eigenvalue weighted by atomic mass is 10.1. The molecule has 0 aliphatic rings. The summed E-state index contributed by atoms with van der Waals surface area (Å²) in [6, 6.07) is 6.16. The molecule has 0 spiro atoms. The van der Waals surface area contributed by atoms with E-state index in [2.05, 4.69) is 11.4 Å². The Morgan fingerprint density at radius 1 is 1.50 bits per heavy atom. The molecule has 1 atom stereocenters. The maximum atomic E-state index is 13.5. The molecule has 5 heteroatoms. The minimum absolute atomic E-state index is 0.184. The molecule has 0 aliphatic carbocycles. The second-order valence-electron chi connectivity index (χ2n) is 4.21. The highest BCUT2D eigenvalue weighted by Gasteiger charge is 2.12. The molecule has 18 heavy (non-hydrogen) atoms. The van der Waals surface area contributed by atoms with E-state index in [1.54, 1.807) is 6.07 Å². The van der Waals surface area contributed by atoms with Crippen molar-refractivity contribution in [3.63, 3.8) is 0 Å². The molecule has 0 fully saturated rings. The van der Waals surface area contributed by atoms with Crippen molar-refractivity contribution >= 4 is 0 Å². The van der Waals surface area contributed by atoms with Crippen LogP contribution in [0.15, 0.2) is 18.2 Å². The van der Waals surface area contributed by atoms with Crippen LogP contribution in [-0.2, 0) is 0 Å². The fourth-order valence-electron chi connectivity index (χ4n) is 1.53. The number of hydrogen-bond acceptors (Lipinski definition) is 4. The lowest BCUT2D eigenvalue weighted by Crippen LogP contribution is -2.29. The number of hydrogen-bond donors (Lipinski definition) is 1. The Morgan fingerprint density at radius 2 is 2.22 bits per heavy atom. The highest BCUT2D eigenvalue weighted by Crippen LogP contribution is 2.21. The lowest BCUT2D eigenvalue weighted by Gasteiger charge is -2.15. The molecular formula is C13H18FN3O. The Labute approximate surface area is 107 Å². The summed E-state index contributed by atoms with van der Waals surface area (Å²) < 4.78 is 18.4. The molecule has 98 valence electrons. The molecule has 0 saturated carbocycles. The third kappa shape index (κ3) is 3.99. The van der Waals surface area contributed by atoms with E-state index in [9.17, 15) is 4.39 Å². The SMILES string of the molecule is COc1ccc(C(C#N)NCCN(C)C)cc1F. The Bertz CT molecular complexity index is 429. The summed E-state index contributed by atoms with van der Waals surface area (Å²) in [4.78, 5) is 2.01. The predicted molar refractivity (Wildman–Crippen MR) is 67.9 cm³/mol. The number of halogens is 1. The third-order valence-electron chi connectivity index (χ3n) is 2.55. The summed E-state index contributed by atoms with van der Waals surface area (Å²) in [6.45, 7) is 1.48. The van der Waals surface area contributed by atoms with E-state index in [-0.39, 0.29) is 5.75 Å². The Morgan fingerprint density at radius 3 is 2.72 bits per heavy atom. The molecule has 0 amide bonds. The van der Waals surface area contributed by atoms with Crippen LogP contribution in [0.25, 0.3) is 0 Å². The van der Waals surface area contributed by atoms with Gasteiger partial charge in [-0.05, 0) is 31.8 Å². The van der Waals surface area contributed by atoms with Crippen molar-refractivity contribution in [3.8, 4) is 11.8 Å². The van der Waals surface area contributed by atoms with Crippen LogP contribution in [0.4, 0.5) is 4.39 Å². The van der Waals surface area contributed by atoms with E-state index in [4.69, 9.17) is 10.00 Å². The van der Waals surface area contributed by atoms with Gasteiger partial charge >= 0.3 is 0 Å². The Hall–Kier alpha value is -1.64. The van der Waals surface area contributed by atoms with Gasteiger partial charge in [0.05, 0.1) is 13.2 Å². The topological polar surface area (TPSA) is 48.3 Å². The molecule has 4 nitrogen and oxygen atoms in total. The van der Waals surface area contributed by atoms with E-state index in [1.807, 2.05) is 19.0 Å². The molecule has 1 aromatic rings. The lowest BCUT2D eigenvalue weighted by molar-refractivity contribution is 0.384. The molecule has 1 aromatic carbocycles. The second kappa shape index (κ2) is 6.94. The third-order valence-corrected chi connectivity index (χ3v) is 2.55. The largest absolute Gasteiger partial charge is 0.494 e. The molecule has 1 unspecified atom stereocenters. The van der Waals surface area contributed by atoms with Gasteiger partial charge in [-0.3, -0.25) is 5.32 Å². The smallest absolute Gasteiger partial charge is 0.165 e. The van der Waals surface area contributed by atoms with E-state index in [1.165, 1.54) is 19.2 Å². The van der Waals surface area contributed by atoms with Crippen LogP contribution >= 0.6 is 0 Å². The summed E-state index contributed by atoms with van der Waals surface area (Å²) >= 11 is 0. The van der Waals surface area contributed by atoms with Gasteiger partial charge in [-0.25, -0.2) is 4.39 Å². The first-order valence-electron chi connectivity index (χ1n) is 5.69. The zero-order chi connectivity index (χ0) is 13.5. The van der Waals surface area contributed by atoms with Crippen LogP contribution < -0.4 is 10.1 Å². The van der Waals surface area contributed by atoms with E-state index in [0.717, 1.165) is 6.54 Å². The van der Waals surface area contributed by atoms with Gasteiger partial charge in [-0.15, -0.1) is 0 Å². The second-order valence-corrected chi connectivity index (χ2v) is 4.21. The molecule has 0 bridgehead atoms. The number of ether oxygens (including phenoxy) is 1. The quantitative estimate of drug-likeness (QED) is 0.833. The highest BCUT2D eigenvalue weighted by atomic mass is 19.1. The van der Waals surface area contributed by atoms with Gasteiger partial charge in [0.2, 0.25) is 0 Å². The molecule has 0 radical (unpaired) electrons. The summed E-state index contributed by atoms with van der Waals surface area (Å²) in [5, 5.41) is 12.2. The fourth-order valence-corrected chi connectivity index (χ4v) is 1.53. The van der Waals surface area contributed by atoms with Gasteiger partial charge in [-0.2, -0.15) is 5.26 Å². The Kier molecular flexibility index (Phi) is 5.56. The van der Waals surface area contributed by atoms with Crippen LogP contribution in [0.3, 0.4) is 0 Å². The van der Waals surface area contributed by atoms with Gasteiger partial charge in [-0.1, -0.05) is 6.07 Å². The molecular weight excluding hydrogens is 233 g/mol. The molecule has 0 saturated heterocycles. The van der Waals surface area contributed by atoms with Crippen molar-refractivity contribution in [2.45, 2.75) is 6.04 Å². The number of benzene rings is 1. The van der Waals surface area contributed by atoms with Gasteiger partial charge in [0.1, 0.15) is 6.04 Å². The molecule has 0 aromatic heterocycles. The van der Waals surface area contributed by atoms with Crippen molar-refractivity contribution in [2.24, 2.45) is 0 Å². The number of methoxy groups -OCH3 is 1. The molecule has 1 rings (SSSR count). The van der Waals surface area contributed by atoms with Crippen molar-refractivity contribution in [1.29, 1.82) is 5.26 Å². The minimum Gasteiger partial charge on any atom is -0.494 e. The van der Waals surface area contributed by atoms with Crippen LogP contribution in [-0.4, -0.2) is 39.2 Å². The van der Waals surface area contributed by atoms with Crippen LogP contribution in [0.2, 0.25) is 0 Å². The standard InChI is InChI=1S/C13H18FN3O/c1-17(2)7-6-16-12(9-15)10-4-5-13(18-3)11(14)8-10/h4-5,8,12,16H,6-7H2,1-3H3. The van der Waals surface area contributed by atoms with Gasteiger partial charge in [0.25, 0.3) is 0 Å². The van der Waals surface area contributed by atoms with Crippen molar-refractivity contribution in [2.75, 3.05) is 34.3 Å². The van der Waals surface area contributed by atoms with Gasteiger partial charge in [0, 0.05) is 13.1 Å². The average Bonchev–Trinajstić information content (AvgIpc) is 2.34. The summed E-state index contributed by atoms with van der Waals surface area (Å²) in [5.41, 5.74) is 0.606. The van der Waals surface area contributed by atoms with Gasteiger partial charge in [0.15, 0.2) is 11.6 Å². The number of likely N-dealkylation sites (N-methyl/N-ethyl adjacent to an activating group) is 1. The van der Waals surface area contributed by atoms with E-state index >= 15 is 0 Å². The van der Waals surface area contributed by atoms with Crippen LogP contribution in [0, 0.1) is 17.1 Å². The fraction of sp³-hybridized carbons (Fsp3) is 0.462. The number of nitrogens with one attached hydrogen (secondary N) is 1. The maximum Gasteiger partial charge on any atom is 0.165 e. The summed E-state index contributed by atoms with van der Waals surface area (Å²) in [7, 11) is 5.32. The highest BCUT2D eigenvalue weighted by molar-refractivity contribution is 5.33. The monoisotopic (exact) mass is 251 g/mol. The van der Waals surface area contributed by atoms with Crippen molar-refractivity contribution in [1.82, 2.24) is 10.2 Å². The Balaban J connectivity index is 2.71. The molecule has 1 N–H and O–H groups in total. The number of nitrogens with zero attached hydrogens (tertiary/aromatic N) is 2. The maximum absolute atomic E-state index is 13.5. The average molecular weight is 251 g/mol. The minimum atomic E-state index is -0.509. The van der Waals surface area contributed by atoms with Crippen LogP contribution in [0.5, 0.6) is 5.75 Å². The number of nitriles is 1. The zero-order valence-electron chi connectivity index (χ0n) is 10.9. The van der Waals surface area contributed by atoms with E-state index < -0.39 is 11.9 Å². The van der Waals surface area contributed by atoms with Crippen LogP contribution in [0.1, 0.15) is 11.6 Å². The van der Waals surface area contributed by atoms with Crippen molar-refractivity contribution in [3.05, 3.63) is 29.6 Å². The molecule has 0 aliphatic heterocycles. The summed E-state index contributed by atoms with van der Waals surface area (Å²) in [6.07, 6.45) is 0. The predicted octanol–water partition coefficient (Wildman–Crippen LogP) is 1.55.